The zero-order valence-corrected chi connectivity index (χ0v) is 13.5. The van der Waals surface area contributed by atoms with Crippen molar-refractivity contribution < 1.29 is 9.26 Å². The minimum atomic E-state index is -0.442. The first-order valence-electron chi connectivity index (χ1n) is 7.76. The van der Waals surface area contributed by atoms with Crippen LogP contribution in [0, 0.1) is 0 Å². The molecule has 0 saturated carbocycles. The molecule has 1 aromatic rings. The summed E-state index contributed by atoms with van der Waals surface area (Å²) in [6.07, 6.45) is 3.78. The highest BCUT2D eigenvalue weighted by molar-refractivity contribution is 4.99. The molecule has 20 heavy (non-hydrogen) atoms. The van der Waals surface area contributed by atoms with Crippen molar-refractivity contribution in [3.8, 4) is 0 Å². The zero-order chi connectivity index (χ0) is 15.0. The lowest BCUT2D eigenvalue weighted by Gasteiger charge is -2.23. The van der Waals surface area contributed by atoms with Gasteiger partial charge in [-0.3, -0.25) is 0 Å². The zero-order valence-electron chi connectivity index (χ0n) is 13.5. The maximum Gasteiger partial charge on any atom is 0.226 e. The summed E-state index contributed by atoms with van der Waals surface area (Å²) in [6, 6.07) is 0.467. The van der Waals surface area contributed by atoms with Gasteiger partial charge in [0.25, 0.3) is 0 Å². The third kappa shape index (κ3) is 4.87. The Balaban J connectivity index is 2.54. The first-order valence-corrected chi connectivity index (χ1v) is 7.76. The third-order valence-corrected chi connectivity index (χ3v) is 3.61. The first kappa shape index (κ1) is 17.1. The molecule has 0 radical (unpaired) electrons. The van der Waals surface area contributed by atoms with Crippen LogP contribution in [0.4, 0.5) is 0 Å². The Morgan fingerprint density at radius 1 is 1.35 bits per heavy atom. The van der Waals surface area contributed by atoms with Crippen molar-refractivity contribution in [3.63, 3.8) is 0 Å². The molecule has 2 atom stereocenters. The molecular weight excluding hydrogens is 254 g/mol. The number of rotatable bonds is 10. The van der Waals surface area contributed by atoms with Crippen molar-refractivity contribution in [1.82, 2.24) is 15.5 Å². The number of nitrogens with one attached hydrogen (secondary N) is 1. The van der Waals surface area contributed by atoms with Crippen molar-refractivity contribution in [2.75, 3.05) is 13.2 Å². The van der Waals surface area contributed by atoms with Crippen LogP contribution in [0.5, 0.6) is 0 Å². The largest absolute Gasteiger partial charge is 0.367 e. The number of ether oxygens (including phenoxy) is 1. The van der Waals surface area contributed by atoms with E-state index < -0.39 is 5.60 Å². The fourth-order valence-electron chi connectivity index (χ4n) is 2.05. The molecule has 0 spiro atoms. The second-order valence-electron chi connectivity index (χ2n) is 5.42. The lowest BCUT2D eigenvalue weighted by Crippen LogP contribution is -2.27. The van der Waals surface area contributed by atoms with E-state index in [1.54, 1.807) is 0 Å². The predicted octanol–water partition coefficient (Wildman–Crippen LogP) is 3.05. The van der Waals surface area contributed by atoms with Gasteiger partial charge in [0.2, 0.25) is 11.7 Å². The molecule has 1 rings (SSSR count). The minimum Gasteiger partial charge on any atom is -0.367 e. The maximum atomic E-state index is 5.76. The second kappa shape index (κ2) is 8.37. The number of aromatic nitrogens is 2. The average Bonchev–Trinajstić information content (AvgIpc) is 2.92. The van der Waals surface area contributed by atoms with Gasteiger partial charge < -0.3 is 14.6 Å². The Morgan fingerprint density at radius 3 is 2.70 bits per heavy atom. The Morgan fingerprint density at radius 2 is 2.10 bits per heavy atom. The number of hydrogen-bond acceptors (Lipinski definition) is 5. The second-order valence-corrected chi connectivity index (χ2v) is 5.42. The Labute approximate surface area is 122 Å². The number of hydrogen-bond donors (Lipinski definition) is 1. The van der Waals surface area contributed by atoms with Gasteiger partial charge in [0.05, 0.1) is 0 Å². The molecule has 1 aromatic heterocycles. The number of nitrogens with zero attached hydrogens (tertiary/aromatic N) is 2. The van der Waals surface area contributed by atoms with Crippen LogP contribution >= 0.6 is 0 Å². The van der Waals surface area contributed by atoms with E-state index in [2.05, 4.69) is 36.2 Å². The van der Waals surface area contributed by atoms with Gasteiger partial charge in [-0.15, -0.1) is 0 Å². The topological polar surface area (TPSA) is 60.2 Å². The van der Waals surface area contributed by atoms with E-state index in [0.29, 0.717) is 24.4 Å². The van der Waals surface area contributed by atoms with Gasteiger partial charge in [-0.05, 0) is 46.6 Å². The monoisotopic (exact) mass is 283 g/mol. The van der Waals surface area contributed by atoms with E-state index in [4.69, 9.17) is 9.26 Å². The molecule has 0 amide bonds. The predicted molar refractivity (Wildman–Crippen MR) is 79.6 cm³/mol. The Kier molecular flexibility index (Phi) is 7.16. The summed E-state index contributed by atoms with van der Waals surface area (Å²) in [5.74, 6) is 1.36. The van der Waals surface area contributed by atoms with Crippen LogP contribution in [0.3, 0.4) is 0 Å². The summed E-state index contributed by atoms with van der Waals surface area (Å²) in [5.41, 5.74) is -0.442. The highest BCUT2D eigenvalue weighted by Gasteiger charge is 2.30. The average molecular weight is 283 g/mol. The van der Waals surface area contributed by atoms with Crippen LogP contribution in [0.25, 0.3) is 0 Å². The number of aryl methyl sites for hydroxylation is 1. The quantitative estimate of drug-likeness (QED) is 0.715. The van der Waals surface area contributed by atoms with Crippen molar-refractivity contribution in [2.45, 2.75) is 71.9 Å². The van der Waals surface area contributed by atoms with Gasteiger partial charge in [0.1, 0.15) is 5.60 Å². The van der Waals surface area contributed by atoms with E-state index in [0.717, 1.165) is 32.2 Å². The summed E-state index contributed by atoms with van der Waals surface area (Å²) < 4.78 is 11.1. The minimum absolute atomic E-state index is 0.442. The van der Waals surface area contributed by atoms with Gasteiger partial charge in [-0.25, -0.2) is 0 Å². The normalized spacial score (nSPS) is 16.1. The van der Waals surface area contributed by atoms with Crippen LogP contribution in [0.2, 0.25) is 0 Å². The van der Waals surface area contributed by atoms with E-state index in [1.807, 2.05) is 13.8 Å². The van der Waals surface area contributed by atoms with E-state index in [9.17, 15) is 0 Å². The summed E-state index contributed by atoms with van der Waals surface area (Å²) in [6.45, 7) is 12.1. The maximum absolute atomic E-state index is 5.76. The SMILES string of the molecule is CCCNC(C)CCc1nc(C(C)(CC)OCC)no1. The molecule has 116 valence electrons. The van der Waals surface area contributed by atoms with E-state index >= 15 is 0 Å². The van der Waals surface area contributed by atoms with E-state index in [-0.39, 0.29) is 0 Å². The molecular formula is C15H29N3O2. The van der Waals surface area contributed by atoms with Gasteiger partial charge in [-0.2, -0.15) is 4.98 Å². The Hall–Kier alpha value is -0.940. The van der Waals surface area contributed by atoms with E-state index in [1.165, 1.54) is 0 Å². The molecule has 5 heteroatoms. The summed E-state index contributed by atoms with van der Waals surface area (Å²) in [7, 11) is 0. The van der Waals surface area contributed by atoms with Gasteiger partial charge in [0, 0.05) is 19.1 Å². The van der Waals surface area contributed by atoms with Gasteiger partial charge >= 0.3 is 0 Å². The summed E-state index contributed by atoms with van der Waals surface area (Å²) >= 11 is 0. The van der Waals surface area contributed by atoms with Crippen molar-refractivity contribution in [1.29, 1.82) is 0 Å². The fourth-order valence-corrected chi connectivity index (χ4v) is 2.05. The highest BCUT2D eigenvalue weighted by atomic mass is 16.5. The molecule has 0 bridgehead atoms. The van der Waals surface area contributed by atoms with Gasteiger partial charge in [0.15, 0.2) is 0 Å². The smallest absolute Gasteiger partial charge is 0.226 e. The van der Waals surface area contributed by atoms with Crippen LogP contribution in [-0.2, 0) is 16.8 Å². The van der Waals surface area contributed by atoms with Crippen molar-refractivity contribution >= 4 is 0 Å². The van der Waals surface area contributed by atoms with Crippen molar-refractivity contribution in [2.24, 2.45) is 0 Å². The molecule has 0 aliphatic rings. The molecule has 0 aliphatic heterocycles. The molecule has 0 fully saturated rings. The molecule has 5 nitrogen and oxygen atoms in total. The molecule has 0 aliphatic carbocycles. The standard InChI is InChI=1S/C15H29N3O2/c1-6-11-16-12(4)9-10-13-17-14(18-20-13)15(5,7-2)19-8-3/h12,16H,6-11H2,1-5H3. The Bertz CT molecular complexity index is 381. The molecule has 0 saturated heterocycles. The highest BCUT2D eigenvalue weighted by Crippen LogP contribution is 2.26. The van der Waals surface area contributed by atoms with Crippen LogP contribution < -0.4 is 5.32 Å². The van der Waals surface area contributed by atoms with Crippen LogP contribution in [0.1, 0.15) is 65.6 Å². The van der Waals surface area contributed by atoms with Crippen molar-refractivity contribution in [3.05, 3.63) is 11.7 Å². The molecule has 1 heterocycles. The first-order chi connectivity index (χ1) is 9.55. The third-order valence-electron chi connectivity index (χ3n) is 3.61. The molecule has 1 N–H and O–H groups in total. The van der Waals surface area contributed by atoms with Crippen LogP contribution in [-0.4, -0.2) is 29.3 Å². The summed E-state index contributed by atoms with van der Waals surface area (Å²) in [4.78, 5) is 4.49. The lowest BCUT2D eigenvalue weighted by molar-refractivity contribution is -0.0403. The fraction of sp³-hybridized carbons (Fsp3) is 0.867. The summed E-state index contributed by atoms with van der Waals surface area (Å²) in [5, 5.41) is 7.54. The molecule has 2 unspecified atom stereocenters. The van der Waals surface area contributed by atoms with Crippen LogP contribution in [0.15, 0.2) is 4.52 Å². The lowest BCUT2D eigenvalue weighted by atomic mass is 10.0. The molecule has 0 aromatic carbocycles. The van der Waals surface area contributed by atoms with Gasteiger partial charge in [-0.1, -0.05) is 19.0 Å².